The van der Waals surface area contributed by atoms with Crippen molar-refractivity contribution in [3.8, 4) is 11.3 Å². The molecule has 0 saturated carbocycles. The van der Waals surface area contributed by atoms with Crippen molar-refractivity contribution in [1.82, 2.24) is 15.3 Å². The molecular formula is C26H26N5O5-. The number of hydrogen-bond acceptors (Lipinski definition) is 9. The van der Waals surface area contributed by atoms with Crippen molar-refractivity contribution in [2.75, 3.05) is 37.5 Å². The van der Waals surface area contributed by atoms with Gasteiger partial charge < -0.3 is 34.9 Å². The molecule has 3 heterocycles. The average Bonchev–Trinajstić information content (AvgIpc) is 3.47. The zero-order valence-electron chi connectivity index (χ0n) is 19.9. The van der Waals surface area contributed by atoms with Crippen molar-refractivity contribution in [2.45, 2.75) is 24.3 Å². The molecule has 0 radical (unpaired) electrons. The molecule has 2 aliphatic heterocycles. The zero-order chi connectivity index (χ0) is 25.2. The van der Waals surface area contributed by atoms with E-state index in [1.54, 1.807) is 18.3 Å². The van der Waals surface area contributed by atoms with Crippen LogP contribution in [0.15, 0.2) is 60.8 Å². The Labute approximate surface area is 208 Å². The predicted molar refractivity (Wildman–Crippen MR) is 131 cm³/mol. The lowest BCUT2D eigenvalue weighted by atomic mass is 10.0. The summed E-state index contributed by atoms with van der Waals surface area (Å²) in [6.45, 7) is 0.592. The summed E-state index contributed by atoms with van der Waals surface area (Å²) in [4.78, 5) is 35.2. The molecule has 10 nitrogen and oxygen atoms in total. The first-order valence-electron chi connectivity index (χ1n) is 11.6. The molecule has 10 heteroatoms. The number of aromatic nitrogens is 2. The molecule has 0 spiro atoms. The molecular weight excluding hydrogens is 462 g/mol. The molecule has 5 rings (SSSR count). The topological polar surface area (TPSA) is 129 Å². The normalized spacial score (nSPS) is 22.6. The predicted octanol–water partition coefficient (Wildman–Crippen LogP) is 0.950. The molecule has 2 aliphatic rings. The highest BCUT2D eigenvalue weighted by Gasteiger charge is 2.48. The Hall–Kier alpha value is -4.02. The van der Waals surface area contributed by atoms with Gasteiger partial charge in [-0.25, -0.2) is 9.97 Å². The van der Waals surface area contributed by atoms with Crippen LogP contribution in [-0.2, 0) is 9.47 Å². The number of rotatable bonds is 7. The number of amides is 1. The van der Waals surface area contributed by atoms with E-state index in [9.17, 15) is 14.7 Å². The maximum Gasteiger partial charge on any atom is 0.252 e. The Morgan fingerprint density at radius 2 is 1.61 bits per heavy atom. The van der Waals surface area contributed by atoms with E-state index in [0.29, 0.717) is 12.6 Å². The van der Waals surface area contributed by atoms with Gasteiger partial charge in [-0.05, 0) is 24.3 Å². The summed E-state index contributed by atoms with van der Waals surface area (Å²) in [5.41, 5.74) is 2.74. The summed E-state index contributed by atoms with van der Waals surface area (Å²) in [5.74, 6) is -1.46. The number of carboxylic acid groups (broad SMARTS) is 1. The van der Waals surface area contributed by atoms with Crippen molar-refractivity contribution in [3.05, 3.63) is 71.9 Å². The average molecular weight is 489 g/mol. The van der Waals surface area contributed by atoms with Gasteiger partial charge in [0.05, 0.1) is 37.0 Å². The molecule has 186 valence electrons. The van der Waals surface area contributed by atoms with Gasteiger partial charge in [-0.15, -0.1) is 0 Å². The molecule has 0 bridgehead atoms. The number of fused-ring (bicyclic) bond motifs is 1. The number of carbonyl (C=O) groups excluding carboxylic acids is 2. The van der Waals surface area contributed by atoms with Gasteiger partial charge >= 0.3 is 0 Å². The number of aromatic carboxylic acids is 1. The minimum absolute atomic E-state index is 0.0393. The summed E-state index contributed by atoms with van der Waals surface area (Å²) in [6.07, 6.45) is 0.993. The first kappa shape index (κ1) is 23.7. The van der Waals surface area contributed by atoms with E-state index in [2.05, 4.69) is 20.6 Å². The maximum atomic E-state index is 12.8. The molecule has 0 unspecified atom stereocenters. The van der Waals surface area contributed by atoms with E-state index >= 15 is 0 Å². The highest BCUT2D eigenvalue weighted by atomic mass is 16.6. The fourth-order valence-corrected chi connectivity index (χ4v) is 4.54. The smallest absolute Gasteiger partial charge is 0.252 e. The minimum atomic E-state index is -1.40. The zero-order valence-corrected chi connectivity index (χ0v) is 19.9. The van der Waals surface area contributed by atoms with Crippen LogP contribution in [0.3, 0.4) is 0 Å². The Balaban J connectivity index is 1.24. The highest BCUT2D eigenvalue weighted by molar-refractivity contribution is 6.04. The van der Waals surface area contributed by atoms with Crippen LogP contribution in [-0.4, -0.2) is 73.4 Å². The first-order chi connectivity index (χ1) is 17.4. The quantitative estimate of drug-likeness (QED) is 0.499. The second-order valence-corrected chi connectivity index (χ2v) is 8.97. The standard InChI is InChI=1S/C26H27N5O5/c1-31(2)16-9-7-15(8-10-16)19-11-12-27-26(29-19)30-21-14-36-22-20(13-35-23(21)22)28-24(32)17-5-3-4-6-18(17)25(33)34/h3-12,20-23H,13-14H2,1-2H3,(H,28,32)(H,33,34)(H,27,29,30)/p-1/t20-,21-,22+,23+/m0/s1. The number of benzene rings is 2. The number of ether oxygens (including phenoxy) is 2. The third kappa shape index (κ3) is 4.73. The van der Waals surface area contributed by atoms with Crippen molar-refractivity contribution in [3.63, 3.8) is 0 Å². The SMILES string of the molecule is CN(C)c1ccc(-c2ccnc(N[C@H]3CO[C@H]4[C@@H]3OC[C@@H]4NC(=O)c3ccccc3C(=O)[O-])n2)cc1. The van der Waals surface area contributed by atoms with Crippen molar-refractivity contribution in [1.29, 1.82) is 0 Å². The van der Waals surface area contributed by atoms with Crippen LogP contribution in [0.25, 0.3) is 11.3 Å². The van der Waals surface area contributed by atoms with E-state index in [1.165, 1.54) is 12.1 Å². The van der Waals surface area contributed by atoms with E-state index in [4.69, 9.17) is 9.47 Å². The van der Waals surface area contributed by atoms with Crippen LogP contribution in [0.5, 0.6) is 0 Å². The fraction of sp³-hybridized carbons (Fsp3) is 0.308. The molecule has 4 atom stereocenters. The van der Waals surface area contributed by atoms with Gasteiger partial charge in [0.25, 0.3) is 5.91 Å². The van der Waals surface area contributed by atoms with Crippen molar-refractivity contribution in [2.24, 2.45) is 0 Å². The van der Waals surface area contributed by atoms with Crippen molar-refractivity contribution < 1.29 is 24.2 Å². The number of anilines is 2. The number of carbonyl (C=O) groups is 2. The molecule has 36 heavy (non-hydrogen) atoms. The summed E-state index contributed by atoms with van der Waals surface area (Å²) < 4.78 is 11.9. The fourth-order valence-electron chi connectivity index (χ4n) is 4.54. The molecule has 3 aromatic rings. The number of nitrogens with one attached hydrogen (secondary N) is 2. The van der Waals surface area contributed by atoms with E-state index in [-0.39, 0.29) is 36.0 Å². The monoisotopic (exact) mass is 488 g/mol. The summed E-state index contributed by atoms with van der Waals surface area (Å²) in [6, 6.07) is 15.3. The lowest BCUT2D eigenvalue weighted by molar-refractivity contribution is -0.255. The van der Waals surface area contributed by atoms with E-state index < -0.39 is 17.9 Å². The van der Waals surface area contributed by atoms with E-state index in [1.807, 2.05) is 49.3 Å². The Kier molecular flexibility index (Phi) is 6.53. The Morgan fingerprint density at radius 3 is 2.31 bits per heavy atom. The van der Waals surface area contributed by atoms with Gasteiger partial charge in [-0.2, -0.15) is 0 Å². The number of hydrogen-bond donors (Lipinski definition) is 2. The van der Waals surface area contributed by atoms with Crippen LogP contribution in [0, 0.1) is 0 Å². The van der Waals surface area contributed by atoms with Crippen LogP contribution in [0.2, 0.25) is 0 Å². The van der Waals surface area contributed by atoms with Gasteiger partial charge in [0.1, 0.15) is 12.2 Å². The number of carboxylic acids is 1. The summed E-state index contributed by atoms with van der Waals surface area (Å²) in [7, 11) is 3.98. The summed E-state index contributed by atoms with van der Waals surface area (Å²) in [5, 5.41) is 17.5. The van der Waals surface area contributed by atoms with Gasteiger partial charge in [0.15, 0.2) is 0 Å². The minimum Gasteiger partial charge on any atom is -0.545 e. The molecule has 2 saturated heterocycles. The first-order valence-corrected chi connectivity index (χ1v) is 11.6. The molecule has 0 aliphatic carbocycles. The summed E-state index contributed by atoms with van der Waals surface area (Å²) >= 11 is 0. The third-order valence-electron chi connectivity index (χ3n) is 6.41. The van der Waals surface area contributed by atoms with Crippen LogP contribution in [0.1, 0.15) is 20.7 Å². The molecule has 2 N–H and O–H groups in total. The Bertz CT molecular complexity index is 1270. The second-order valence-electron chi connectivity index (χ2n) is 8.97. The van der Waals surface area contributed by atoms with Gasteiger partial charge in [-0.1, -0.05) is 30.3 Å². The molecule has 2 aromatic carbocycles. The van der Waals surface area contributed by atoms with Gasteiger partial charge in [-0.3, -0.25) is 4.79 Å². The Morgan fingerprint density at radius 1 is 0.944 bits per heavy atom. The molecule has 1 aromatic heterocycles. The second kappa shape index (κ2) is 9.92. The van der Waals surface area contributed by atoms with Crippen LogP contribution in [0.4, 0.5) is 11.6 Å². The lowest BCUT2D eigenvalue weighted by Gasteiger charge is -2.19. The highest BCUT2D eigenvalue weighted by Crippen LogP contribution is 2.29. The molecule has 1 amide bonds. The van der Waals surface area contributed by atoms with Crippen molar-refractivity contribution >= 4 is 23.5 Å². The van der Waals surface area contributed by atoms with Crippen LogP contribution >= 0.6 is 0 Å². The van der Waals surface area contributed by atoms with Gasteiger partial charge in [0.2, 0.25) is 5.95 Å². The largest absolute Gasteiger partial charge is 0.545 e. The maximum absolute atomic E-state index is 12.8. The van der Waals surface area contributed by atoms with Crippen LogP contribution < -0.4 is 20.6 Å². The third-order valence-corrected chi connectivity index (χ3v) is 6.41. The van der Waals surface area contributed by atoms with E-state index in [0.717, 1.165) is 16.9 Å². The lowest BCUT2D eigenvalue weighted by Crippen LogP contribution is -2.45. The number of nitrogens with zero attached hydrogens (tertiary/aromatic N) is 3. The molecule has 2 fully saturated rings. The van der Waals surface area contributed by atoms with Gasteiger partial charge in [0, 0.05) is 42.7 Å².